The Morgan fingerprint density at radius 1 is 1.14 bits per heavy atom. The molecule has 0 bridgehead atoms. The zero-order chi connectivity index (χ0) is 20.4. The summed E-state index contributed by atoms with van der Waals surface area (Å²) in [5.74, 6) is 0.339. The number of halogens is 1. The molecule has 148 valence electrons. The van der Waals surface area contributed by atoms with Gasteiger partial charge in [-0.2, -0.15) is 0 Å². The van der Waals surface area contributed by atoms with E-state index in [1.54, 1.807) is 30.6 Å². The zero-order valence-electron chi connectivity index (χ0n) is 16.2. The van der Waals surface area contributed by atoms with Crippen LogP contribution in [-0.4, -0.2) is 17.6 Å². The number of thiophene rings is 1. The van der Waals surface area contributed by atoms with Gasteiger partial charge in [-0.25, -0.2) is 4.39 Å². The number of hydrogen-bond acceptors (Lipinski definition) is 3. The molecular formula is C23H21FN2O2S. The first-order valence-electron chi connectivity index (χ1n) is 9.29. The van der Waals surface area contributed by atoms with Crippen molar-refractivity contribution in [3.05, 3.63) is 88.2 Å². The molecule has 1 N–H and O–H groups in total. The van der Waals surface area contributed by atoms with E-state index in [1.165, 1.54) is 17.0 Å². The second-order valence-corrected chi connectivity index (χ2v) is 8.13. The minimum Gasteiger partial charge on any atom is -0.496 e. The Morgan fingerprint density at radius 3 is 2.66 bits per heavy atom. The molecule has 1 amide bonds. The normalized spacial score (nSPS) is 11.0. The maximum atomic E-state index is 13.1. The van der Waals surface area contributed by atoms with Crippen molar-refractivity contribution < 1.29 is 13.9 Å². The van der Waals surface area contributed by atoms with Crippen LogP contribution in [0.5, 0.6) is 5.75 Å². The number of carbonyl (C=O) groups excluding carboxylic acids is 1. The lowest BCUT2D eigenvalue weighted by molar-refractivity contribution is 0.0942. The van der Waals surface area contributed by atoms with Crippen LogP contribution in [0.15, 0.2) is 60.7 Å². The number of ether oxygens (including phenoxy) is 1. The van der Waals surface area contributed by atoms with Crippen LogP contribution in [0.1, 0.15) is 26.5 Å². The summed E-state index contributed by atoms with van der Waals surface area (Å²) in [5, 5.41) is 2.95. The van der Waals surface area contributed by atoms with Crippen molar-refractivity contribution >= 4 is 27.5 Å². The maximum Gasteiger partial charge on any atom is 0.268 e. The summed E-state index contributed by atoms with van der Waals surface area (Å²) in [4.78, 5) is 14.2. The van der Waals surface area contributed by atoms with Crippen LogP contribution < -0.4 is 10.1 Å². The quantitative estimate of drug-likeness (QED) is 0.480. The second kappa shape index (κ2) is 8.09. The maximum absolute atomic E-state index is 13.1. The Kier molecular flexibility index (Phi) is 5.36. The Morgan fingerprint density at radius 2 is 1.90 bits per heavy atom. The van der Waals surface area contributed by atoms with E-state index in [1.807, 2.05) is 34.9 Å². The molecule has 2 heterocycles. The number of hydrogen-bond donors (Lipinski definition) is 1. The van der Waals surface area contributed by atoms with Crippen molar-refractivity contribution in [1.82, 2.24) is 9.88 Å². The molecule has 0 spiro atoms. The predicted molar refractivity (Wildman–Crippen MR) is 114 cm³/mol. The highest BCUT2D eigenvalue weighted by atomic mass is 32.1. The minimum absolute atomic E-state index is 0.162. The third-order valence-electron chi connectivity index (χ3n) is 4.83. The Balaban J connectivity index is 1.64. The number of para-hydroxylation sites is 1. The van der Waals surface area contributed by atoms with Gasteiger partial charge in [0.1, 0.15) is 17.3 Å². The van der Waals surface area contributed by atoms with Gasteiger partial charge in [-0.1, -0.05) is 30.3 Å². The Labute approximate surface area is 172 Å². The van der Waals surface area contributed by atoms with Crippen LogP contribution in [0.25, 0.3) is 10.2 Å². The average molecular weight is 408 g/mol. The summed E-state index contributed by atoms with van der Waals surface area (Å²) in [6.45, 7) is 2.93. The minimum atomic E-state index is -0.290. The van der Waals surface area contributed by atoms with Gasteiger partial charge in [-0.3, -0.25) is 4.79 Å². The molecule has 0 saturated carbocycles. The fraction of sp³-hybridized carbons (Fsp3) is 0.174. The third kappa shape index (κ3) is 4.03. The van der Waals surface area contributed by atoms with Crippen LogP contribution >= 0.6 is 11.3 Å². The molecular weight excluding hydrogens is 387 g/mol. The van der Waals surface area contributed by atoms with Crippen LogP contribution in [0.4, 0.5) is 4.39 Å². The molecule has 0 radical (unpaired) electrons. The predicted octanol–water partition coefficient (Wildman–Crippen LogP) is 5.14. The molecule has 4 aromatic rings. The summed E-state index contributed by atoms with van der Waals surface area (Å²) in [7, 11) is 1.65. The molecule has 0 aliphatic carbocycles. The van der Waals surface area contributed by atoms with Gasteiger partial charge >= 0.3 is 0 Å². The molecule has 0 atom stereocenters. The van der Waals surface area contributed by atoms with Crippen LogP contribution in [0.3, 0.4) is 0 Å². The third-order valence-corrected chi connectivity index (χ3v) is 5.82. The fourth-order valence-electron chi connectivity index (χ4n) is 3.40. The highest BCUT2D eigenvalue weighted by Gasteiger charge is 2.18. The Bertz CT molecular complexity index is 1160. The second-order valence-electron chi connectivity index (χ2n) is 6.84. The first-order valence-corrected chi connectivity index (χ1v) is 10.1. The number of nitrogens with one attached hydrogen (secondary N) is 1. The average Bonchev–Trinajstić information content (AvgIpc) is 3.24. The molecule has 0 fully saturated rings. The summed E-state index contributed by atoms with van der Waals surface area (Å²) < 4.78 is 21.7. The molecule has 29 heavy (non-hydrogen) atoms. The number of aryl methyl sites for hydroxylation is 1. The number of rotatable bonds is 6. The van der Waals surface area contributed by atoms with E-state index < -0.39 is 0 Å². The van der Waals surface area contributed by atoms with Gasteiger partial charge in [0.15, 0.2) is 0 Å². The van der Waals surface area contributed by atoms with E-state index in [0.29, 0.717) is 18.8 Å². The van der Waals surface area contributed by atoms with Crippen LogP contribution in [0.2, 0.25) is 0 Å². The van der Waals surface area contributed by atoms with E-state index in [-0.39, 0.29) is 11.7 Å². The van der Waals surface area contributed by atoms with Gasteiger partial charge in [0.25, 0.3) is 5.91 Å². The molecule has 4 nitrogen and oxygen atoms in total. The number of amides is 1. The summed E-state index contributed by atoms with van der Waals surface area (Å²) >= 11 is 1.67. The van der Waals surface area contributed by atoms with E-state index in [0.717, 1.165) is 27.1 Å². The highest BCUT2D eigenvalue weighted by Crippen LogP contribution is 2.30. The molecule has 2 aromatic carbocycles. The number of aromatic nitrogens is 1. The van der Waals surface area contributed by atoms with Gasteiger partial charge in [-0.05, 0) is 42.8 Å². The van der Waals surface area contributed by atoms with Crippen molar-refractivity contribution in [3.8, 4) is 5.75 Å². The van der Waals surface area contributed by atoms with Gasteiger partial charge in [-0.15, -0.1) is 11.3 Å². The van der Waals surface area contributed by atoms with Crippen molar-refractivity contribution in [2.24, 2.45) is 0 Å². The van der Waals surface area contributed by atoms with E-state index in [2.05, 4.69) is 18.3 Å². The van der Waals surface area contributed by atoms with E-state index in [9.17, 15) is 9.18 Å². The molecule has 0 aliphatic heterocycles. The molecule has 0 unspecified atom stereocenters. The molecule has 0 aliphatic rings. The van der Waals surface area contributed by atoms with Crippen molar-refractivity contribution in [2.45, 2.75) is 20.0 Å². The highest BCUT2D eigenvalue weighted by molar-refractivity contribution is 7.19. The SMILES string of the molecule is COc1ccccc1Cn1c(C(=O)NCc2ccc(F)cc2)cc2sc(C)cc21. The molecule has 0 saturated heterocycles. The van der Waals surface area contributed by atoms with E-state index >= 15 is 0 Å². The van der Waals surface area contributed by atoms with E-state index in [4.69, 9.17) is 4.74 Å². The largest absolute Gasteiger partial charge is 0.496 e. The number of fused-ring (bicyclic) bond motifs is 1. The fourth-order valence-corrected chi connectivity index (χ4v) is 4.36. The van der Waals surface area contributed by atoms with Crippen LogP contribution in [0, 0.1) is 12.7 Å². The Hall–Kier alpha value is -3.12. The number of methoxy groups -OCH3 is 1. The summed E-state index contributed by atoms with van der Waals surface area (Å²) in [5.41, 5.74) is 3.48. The van der Waals surface area contributed by atoms with Crippen molar-refractivity contribution in [3.63, 3.8) is 0 Å². The van der Waals surface area contributed by atoms with Gasteiger partial charge in [0, 0.05) is 17.0 Å². The zero-order valence-corrected chi connectivity index (χ0v) is 17.1. The van der Waals surface area contributed by atoms with Gasteiger partial charge in [0.05, 0.1) is 23.9 Å². The van der Waals surface area contributed by atoms with Gasteiger partial charge in [0.2, 0.25) is 0 Å². The van der Waals surface area contributed by atoms with Crippen LogP contribution in [-0.2, 0) is 13.1 Å². The lowest BCUT2D eigenvalue weighted by Gasteiger charge is -2.13. The molecule has 2 aromatic heterocycles. The topological polar surface area (TPSA) is 43.3 Å². The van der Waals surface area contributed by atoms with Crippen molar-refractivity contribution in [1.29, 1.82) is 0 Å². The van der Waals surface area contributed by atoms with Crippen molar-refractivity contribution in [2.75, 3.05) is 7.11 Å². The lowest BCUT2D eigenvalue weighted by Crippen LogP contribution is -2.25. The number of carbonyl (C=O) groups is 1. The van der Waals surface area contributed by atoms with Gasteiger partial charge < -0.3 is 14.6 Å². The lowest BCUT2D eigenvalue weighted by atomic mass is 10.2. The number of nitrogens with zero attached hydrogens (tertiary/aromatic N) is 1. The molecule has 4 rings (SSSR count). The first-order chi connectivity index (χ1) is 14.0. The smallest absolute Gasteiger partial charge is 0.268 e. The monoisotopic (exact) mass is 408 g/mol. The first kappa shape index (κ1) is 19.2. The summed E-state index contributed by atoms with van der Waals surface area (Å²) in [6, 6.07) is 18.0. The standard InChI is InChI=1S/C23H21FN2O2S/c1-15-11-19-22(29-15)12-20(23(27)25-13-16-7-9-18(24)10-8-16)26(19)14-17-5-3-4-6-21(17)28-2/h3-12H,13-14H2,1-2H3,(H,25,27). The number of benzene rings is 2. The molecule has 6 heteroatoms. The summed E-state index contributed by atoms with van der Waals surface area (Å²) in [6.07, 6.45) is 0.